The fourth-order valence-electron chi connectivity index (χ4n) is 3.39. The van der Waals surface area contributed by atoms with E-state index in [2.05, 4.69) is 0 Å². The van der Waals surface area contributed by atoms with Gasteiger partial charge in [0.25, 0.3) is 0 Å². The summed E-state index contributed by atoms with van der Waals surface area (Å²) in [6.07, 6.45) is 0. The number of rotatable bonds is 5. The van der Waals surface area contributed by atoms with Crippen LogP contribution >= 0.6 is 0 Å². The van der Waals surface area contributed by atoms with Crippen molar-refractivity contribution in [3.05, 3.63) is 65.1 Å². The van der Waals surface area contributed by atoms with Crippen LogP contribution in [0.1, 0.15) is 31.9 Å². The van der Waals surface area contributed by atoms with Gasteiger partial charge in [-0.05, 0) is 41.5 Å². The molecule has 0 aliphatic carbocycles. The first-order valence-corrected chi connectivity index (χ1v) is 9.87. The highest BCUT2D eigenvalue weighted by Gasteiger charge is 2.44. The van der Waals surface area contributed by atoms with Gasteiger partial charge in [0.1, 0.15) is 16.9 Å². The van der Waals surface area contributed by atoms with Crippen LogP contribution in [0.3, 0.4) is 0 Å². The van der Waals surface area contributed by atoms with Gasteiger partial charge in [0.05, 0.1) is 0 Å². The molecule has 172 valence electrons. The van der Waals surface area contributed by atoms with E-state index in [1.807, 2.05) is 0 Å². The van der Waals surface area contributed by atoms with Gasteiger partial charge in [-0.1, -0.05) is 12.1 Å². The van der Waals surface area contributed by atoms with E-state index in [1.165, 1.54) is 56.3 Å². The van der Waals surface area contributed by atoms with E-state index in [4.69, 9.17) is 23.7 Å². The monoisotopic (exact) mass is 464 g/mol. The SMILES string of the molecule is CC(=O)Oc1ccc(C2=C3OC(=O)C(c4ccc(OC(C)=O)c(OC(C)=O)c4)=C3OC2=O)cc1. The first-order valence-electron chi connectivity index (χ1n) is 9.87. The molecule has 2 aliphatic heterocycles. The van der Waals surface area contributed by atoms with Gasteiger partial charge >= 0.3 is 29.8 Å². The number of hydrogen-bond donors (Lipinski definition) is 0. The molecule has 0 bridgehead atoms. The van der Waals surface area contributed by atoms with Crippen LogP contribution in [0.2, 0.25) is 0 Å². The standard InChI is InChI=1S/C24H16O10/c1-11(25)30-16-7-4-14(5-8-16)19-21-22(34-23(19)28)20(24(29)33-21)15-6-9-17(31-12(2)26)18(10-15)32-13(3)27/h4-10H,1-3H3. The summed E-state index contributed by atoms with van der Waals surface area (Å²) in [5.41, 5.74) is 0.536. The Kier molecular flexibility index (Phi) is 5.72. The molecule has 2 aromatic carbocycles. The zero-order valence-electron chi connectivity index (χ0n) is 18.1. The molecule has 2 aliphatic rings. The van der Waals surface area contributed by atoms with E-state index >= 15 is 0 Å². The van der Waals surface area contributed by atoms with Crippen LogP contribution in [-0.2, 0) is 33.4 Å². The normalized spacial score (nSPS) is 14.4. The van der Waals surface area contributed by atoms with Crippen molar-refractivity contribution in [3.8, 4) is 17.2 Å². The number of benzene rings is 2. The molecule has 34 heavy (non-hydrogen) atoms. The zero-order valence-corrected chi connectivity index (χ0v) is 18.1. The van der Waals surface area contributed by atoms with Crippen LogP contribution in [0.4, 0.5) is 0 Å². The predicted molar refractivity (Wildman–Crippen MR) is 113 cm³/mol. The minimum Gasteiger partial charge on any atom is -0.427 e. The fourth-order valence-corrected chi connectivity index (χ4v) is 3.39. The topological polar surface area (TPSA) is 132 Å². The summed E-state index contributed by atoms with van der Waals surface area (Å²) in [5, 5.41) is 0. The highest BCUT2D eigenvalue weighted by molar-refractivity contribution is 6.29. The van der Waals surface area contributed by atoms with E-state index in [-0.39, 0.29) is 45.5 Å². The minimum atomic E-state index is -0.791. The molecule has 0 radical (unpaired) electrons. The summed E-state index contributed by atoms with van der Waals surface area (Å²) < 4.78 is 25.8. The predicted octanol–water partition coefficient (Wildman–Crippen LogP) is 2.70. The first kappa shape index (κ1) is 22.5. The van der Waals surface area contributed by atoms with Gasteiger partial charge in [0.2, 0.25) is 0 Å². The second-order valence-corrected chi connectivity index (χ2v) is 7.15. The Morgan fingerprint density at radius 2 is 1.09 bits per heavy atom. The molecule has 0 saturated heterocycles. The van der Waals surface area contributed by atoms with Gasteiger partial charge in [-0.15, -0.1) is 0 Å². The first-order chi connectivity index (χ1) is 16.1. The van der Waals surface area contributed by atoms with Crippen molar-refractivity contribution in [2.45, 2.75) is 20.8 Å². The lowest BCUT2D eigenvalue weighted by atomic mass is 10.0. The van der Waals surface area contributed by atoms with E-state index < -0.39 is 29.8 Å². The van der Waals surface area contributed by atoms with E-state index in [9.17, 15) is 24.0 Å². The second-order valence-electron chi connectivity index (χ2n) is 7.15. The van der Waals surface area contributed by atoms with Crippen molar-refractivity contribution in [3.63, 3.8) is 0 Å². The van der Waals surface area contributed by atoms with Crippen LogP contribution < -0.4 is 14.2 Å². The number of ether oxygens (including phenoxy) is 5. The van der Waals surface area contributed by atoms with Crippen molar-refractivity contribution in [1.82, 2.24) is 0 Å². The van der Waals surface area contributed by atoms with Crippen LogP contribution in [-0.4, -0.2) is 29.8 Å². The number of esters is 5. The van der Waals surface area contributed by atoms with Crippen LogP contribution in [0.15, 0.2) is 54.0 Å². The third kappa shape index (κ3) is 4.29. The number of carbonyl (C=O) groups is 5. The molecule has 2 heterocycles. The zero-order chi connectivity index (χ0) is 24.6. The number of carbonyl (C=O) groups excluding carboxylic acids is 5. The van der Waals surface area contributed by atoms with E-state index in [0.29, 0.717) is 5.56 Å². The smallest absolute Gasteiger partial charge is 0.348 e. The third-order valence-electron chi connectivity index (χ3n) is 4.60. The lowest BCUT2D eigenvalue weighted by Gasteiger charge is -2.10. The number of fused-ring (bicyclic) bond motifs is 1. The third-order valence-corrected chi connectivity index (χ3v) is 4.60. The largest absolute Gasteiger partial charge is 0.427 e. The highest BCUT2D eigenvalue weighted by Crippen LogP contribution is 2.44. The molecule has 0 N–H and O–H groups in total. The molecule has 0 atom stereocenters. The Balaban J connectivity index is 1.77. The number of hydrogen-bond acceptors (Lipinski definition) is 10. The maximum Gasteiger partial charge on any atom is 0.348 e. The molecule has 4 rings (SSSR count). The van der Waals surface area contributed by atoms with Gasteiger partial charge in [0.15, 0.2) is 23.0 Å². The summed E-state index contributed by atoms with van der Waals surface area (Å²) in [6.45, 7) is 3.60. The molecule has 10 heteroatoms. The Morgan fingerprint density at radius 3 is 1.62 bits per heavy atom. The van der Waals surface area contributed by atoms with Crippen LogP contribution in [0, 0.1) is 0 Å². The molecule has 10 nitrogen and oxygen atoms in total. The van der Waals surface area contributed by atoms with Crippen molar-refractivity contribution >= 4 is 41.0 Å². The lowest BCUT2D eigenvalue weighted by Crippen LogP contribution is -2.08. The molecular formula is C24H16O10. The molecule has 0 spiro atoms. The molecule has 0 aromatic heterocycles. The average Bonchev–Trinajstić information content (AvgIpc) is 3.21. The van der Waals surface area contributed by atoms with Gasteiger partial charge in [-0.3, -0.25) is 14.4 Å². The average molecular weight is 464 g/mol. The Bertz CT molecular complexity index is 1330. The van der Waals surface area contributed by atoms with Crippen molar-refractivity contribution < 1.29 is 47.7 Å². The fraction of sp³-hybridized carbons (Fsp3) is 0.125. The summed E-state index contributed by atoms with van der Waals surface area (Å²) >= 11 is 0. The van der Waals surface area contributed by atoms with Gasteiger partial charge in [0, 0.05) is 20.8 Å². The summed E-state index contributed by atoms with van der Waals surface area (Å²) in [4.78, 5) is 59.2. The Morgan fingerprint density at radius 1 is 0.618 bits per heavy atom. The summed E-state index contributed by atoms with van der Waals surface area (Å²) in [6, 6.07) is 10.1. The highest BCUT2D eigenvalue weighted by atomic mass is 16.6. The summed E-state index contributed by atoms with van der Waals surface area (Å²) in [5.74, 6) is -3.37. The van der Waals surface area contributed by atoms with Gasteiger partial charge in [-0.25, -0.2) is 9.59 Å². The molecule has 0 unspecified atom stereocenters. The van der Waals surface area contributed by atoms with Crippen molar-refractivity contribution in [1.29, 1.82) is 0 Å². The van der Waals surface area contributed by atoms with E-state index in [1.54, 1.807) is 0 Å². The molecule has 0 fully saturated rings. The Hall–Kier alpha value is -4.73. The van der Waals surface area contributed by atoms with Crippen molar-refractivity contribution in [2.24, 2.45) is 0 Å². The maximum atomic E-state index is 12.7. The lowest BCUT2D eigenvalue weighted by molar-refractivity contribution is -0.134. The van der Waals surface area contributed by atoms with Crippen LogP contribution in [0.5, 0.6) is 17.2 Å². The minimum absolute atomic E-state index is 0.0180. The van der Waals surface area contributed by atoms with Gasteiger partial charge < -0.3 is 23.7 Å². The second kappa shape index (κ2) is 8.66. The van der Waals surface area contributed by atoms with Crippen molar-refractivity contribution in [2.75, 3.05) is 0 Å². The van der Waals surface area contributed by atoms with E-state index in [0.717, 1.165) is 6.92 Å². The molecular weight excluding hydrogens is 448 g/mol. The molecule has 0 saturated carbocycles. The quantitative estimate of drug-likeness (QED) is 0.481. The Labute approximate surface area is 192 Å². The molecule has 2 aromatic rings. The van der Waals surface area contributed by atoms with Gasteiger partial charge in [-0.2, -0.15) is 0 Å². The summed E-state index contributed by atoms with van der Waals surface area (Å²) in [7, 11) is 0. The maximum absolute atomic E-state index is 12.7. The van der Waals surface area contributed by atoms with Crippen LogP contribution in [0.25, 0.3) is 11.1 Å². The molecule has 0 amide bonds.